The minimum Gasteiger partial charge on any atom is -0.496 e. The lowest BCUT2D eigenvalue weighted by Gasteiger charge is -2.17. The first-order valence-electron chi connectivity index (χ1n) is 7.35. The number of ether oxygens (including phenoxy) is 2. The van der Waals surface area contributed by atoms with Gasteiger partial charge >= 0.3 is 0 Å². The highest BCUT2D eigenvalue weighted by atomic mass is 16.5. The molecule has 22 heavy (non-hydrogen) atoms. The number of carbonyl (C=O) groups excluding carboxylic acids is 1. The molecule has 0 atom stereocenters. The molecule has 114 valence electrons. The molecule has 4 heteroatoms. The summed E-state index contributed by atoms with van der Waals surface area (Å²) >= 11 is 0. The summed E-state index contributed by atoms with van der Waals surface area (Å²) in [7, 11) is 1.65. The number of methoxy groups -OCH3 is 1. The molecule has 3 rings (SSSR count). The predicted molar refractivity (Wildman–Crippen MR) is 86.5 cm³/mol. The summed E-state index contributed by atoms with van der Waals surface area (Å²) in [5.74, 6) is 1.58. The van der Waals surface area contributed by atoms with Crippen LogP contribution in [0.1, 0.15) is 19.4 Å². The Morgan fingerprint density at radius 1 is 1.14 bits per heavy atom. The van der Waals surface area contributed by atoms with Gasteiger partial charge in [0.05, 0.1) is 25.2 Å². The SMILES string of the molecule is COc1cccc(OC(C)C)c1-c1ccc2c(c1)CC(=O)N2. The first-order valence-corrected chi connectivity index (χ1v) is 7.35. The van der Waals surface area contributed by atoms with Gasteiger partial charge in [0.2, 0.25) is 5.91 Å². The fourth-order valence-corrected chi connectivity index (χ4v) is 2.70. The lowest BCUT2D eigenvalue weighted by atomic mass is 10.00. The number of hydrogen-bond acceptors (Lipinski definition) is 3. The van der Waals surface area contributed by atoms with E-state index >= 15 is 0 Å². The van der Waals surface area contributed by atoms with Gasteiger partial charge in [-0.25, -0.2) is 0 Å². The second-order valence-electron chi connectivity index (χ2n) is 5.60. The van der Waals surface area contributed by atoms with Gasteiger partial charge in [-0.3, -0.25) is 4.79 Å². The molecule has 2 aromatic carbocycles. The van der Waals surface area contributed by atoms with Crippen LogP contribution in [0.2, 0.25) is 0 Å². The lowest BCUT2D eigenvalue weighted by Crippen LogP contribution is -2.07. The van der Waals surface area contributed by atoms with E-state index in [0.29, 0.717) is 6.42 Å². The molecule has 1 N–H and O–H groups in total. The third-order valence-electron chi connectivity index (χ3n) is 3.59. The summed E-state index contributed by atoms with van der Waals surface area (Å²) in [6.07, 6.45) is 0.488. The van der Waals surface area contributed by atoms with E-state index < -0.39 is 0 Å². The fraction of sp³-hybridized carbons (Fsp3) is 0.278. The maximum atomic E-state index is 11.5. The van der Waals surface area contributed by atoms with Crippen LogP contribution in [-0.2, 0) is 11.2 Å². The topological polar surface area (TPSA) is 47.6 Å². The smallest absolute Gasteiger partial charge is 0.228 e. The van der Waals surface area contributed by atoms with Crippen LogP contribution in [0.15, 0.2) is 36.4 Å². The predicted octanol–water partition coefficient (Wildman–Crippen LogP) is 3.64. The number of rotatable bonds is 4. The normalized spacial score (nSPS) is 13.0. The number of anilines is 1. The van der Waals surface area contributed by atoms with Crippen molar-refractivity contribution in [2.24, 2.45) is 0 Å². The molecule has 1 heterocycles. The highest BCUT2D eigenvalue weighted by molar-refractivity contribution is 6.00. The van der Waals surface area contributed by atoms with Crippen LogP contribution in [0.25, 0.3) is 11.1 Å². The van der Waals surface area contributed by atoms with E-state index in [0.717, 1.165) is 33.9 Å². The number of amides is 1. The second kappa shape index (κ2) is 5.72. The standard InChI is InChI=1S/C18H19NO3/c1-11(2)22-16-6-4-5-15(21-3)18(16)12-7-8-14-13(9-12)10-17(20)19-14/h4-9,11H,10H2,1-3H3,(H,19,20). The molecule has 0 unspecified atom stereocenters. The Hall–Kier alpha value is -2.49. The van der Waals surface area contributed by atoms with Crippen molar-refractivity contribution in [2.75, 3.05) is 12.4 Å². The van der Waals surface area contributed by atoms with Crippen molar-refractivity contribution in [1.29, 1.82) is 0 Å². The first kappa shape index (κ1) is 14.4. The van der Waals surface area contributed by atoms with Gasteiger partial charge in [0.1, 0.15) is 11.5 Å². The Labute approximate surface area is 130 Å². The minimum atomic E-state index is 0.0332. The van der Waals surface area contributed by atoms with E-state index in [1.807, 2.05) is 50.2 Å². The van der Waals surface area contributed by atoms with E-state index in [-0.39, 0.29) is 12.0 Å². The third-order valence-corrected chi connectivity index (χ3v) is 3.59. The zero-order valence-corrected chi connectivity index (χ0v) is 13.0. The van der Waals surface area contributed by atoms with Crippen molar-refractivity contribution in [1.82, 2.24) is 0 Å². The maximum absolute atomic E-state index is 11.5. The Kier molecular flexibility index (Phi) is 3.75. The second-order valence-corrected chi connectivity index (χ2v) is 5.60. The van der Waals surface area contributed by atoms with E-state index in [2.05, 4.69) is 5.32 Å². The molecule has 1 aliphatic heterocycles. The van der Waals surface area contributed by atoms with E-state index in [9.17, 15) is 4.79 Å². The van der Waals surface area contributed by atoms with Gasteiger partial charge in [0, 0.05) is 5.69 Å². The molecule has 1 aliphatic rings. The van der Waals surface area contributed by atoms with Gasteiger partial charge < -0.3 is 14.8 Å². The molecule has 4 nitrogen and oxygen atoms in total. The Morgan fingerprint density at radius 3 is 2.64 bits per heavy atom. The summed E-state index contributed by atoms with van der Waals surface area (Å²) in [6.45, 7) is 3.99. The summed E-state index contributed by atoms with van der Waals surface area (Å²) in [4.78, 5) is 11.5. The third kappa shape index (κ3) is 2.64. The molecule has 0 saturated carbocycles. The fourth-order valence-electron chi connectivity index (χ4n) is 2.70. The molecule has 0 radical (unpaired) electrons. The maximum Gasteiger partial charge on any atom is 0.228 e. The van der Waals surface area contributed by atoms with Gasteiger partial charge in [-0.1, -0.05) is 12.1 Å². The van der Waals surface area contributed by atoms with Crippen molar-refractivity contribution < 1.29 is 14.3 Å². The van der Waals surface area contributed by atoms with E-state index in [4.69, 9.17) is 9.47 Å². The summed E-state index contributed by atoms with van der Waals surface area (Å²) in [5.41, 5.74) is 3.79. The van der Waals surface area contributed by atoms with E-state index in [1.54, 1.807) is 7.11 Å². The zero-order valence-electron chi connectivity index (χ0n) is 13.0. The lowest BCUT2D eigenvalue weighted by molar-refractivity contribution is -0.115. The largest absolute Gasteiger partial charge is 0.496 e. The summed E-state index contributed by atoms with van der Waals surface area (Å²) in [5, 5.41) is 2.85. The molecule has 0 bridgehead atoms. The Balaban J connectivity index is 2.11. The molecule has 0 aliphatic carbocycles. The van der Waals surface area contributed by atoms with E-state index in [1.165, 1.54) is 0 Å². The van der Waals surface area contributed by atoms with Crippen LogP contribution in [-0.4, -0.2) is 19.1 Å². The highest BCUT2D eigenvalue weighted by Gasteiger charge is 2.20. The molecule has 0 aromatic heterocycles. The summed E-state index contributed by atoms with van der Waals surface area (Å²) < 4.78 is 11.4. The van der Waals surface area contributed by atoms with Crippen LogP contribution in [0.5, 0.6) is 11.5 Å². The quantitative estimate of drug-likeness (QED) is 0.937. The number of benzene rings is 2. The number of nitrogens with one attached hydrogen (secondary N) is 1. The van der Waals surface area contributed by atoms with Crippen molar-refractivity contribution in [2.45, 2.75) is 26.4 Å². The van der Waals surface area contributed by atoms with Crippen molar-refractivity contribution in [3.63, 3.8) is 0 Å². The number of hydrogen-bond donors (Lipinski definition) is 1. The highest BCUT2D eigenvalue weighted by Crippen LogP contribution is 2.40. The first-order chi connectivity index (χ1) is 10.6. The molecule has 1 amide bonds. The van der Waals surface area contributed by atoms with Crippen LogP contribution in [0.4, 0.5) is 5.69 Å². The van der Waals surface area contributed by atoms with Crippen LogP contribution in [0, 0.1) is 0 Å². The van der Waals surface area contributed by atoms with Crippen LogP contribution in [0.3, 0.4) is 0 Å². The summed E-state index contributed by atoms with van der Waals surface area (Å²) in [6, 6.07) is 11.7. The molecular formula is C18H19NO3. The monoisotopic (exact) mass is 297 g/mol. The minimum absolute atomic E-state index is 0.0332. The average molecular weight is 297 g/mol. The van der Waals surface area contributed by atoms with Crippen LogP contribution < -0.4 is 14.8 Å². The Bertz CT molecular complexity index is 722. The molecule has 0 fully saturated rings. The van der Waals surface area contributed by atoms with Gasteiger partial charge in [0.25, 0.3) is 0 Å². The van der Waals surface area contributed by atoms with Crippen LogP contribution >= 0.6 is 0 Å². The molecule has 0 spiro atoms. The van der Waals surface area contributed by atoms with Gasteiger partial charge in [-0.05, 0) is 49.2 Å². The average Bonchev–Trinajstić information content (AvgIpc) is 2.85. The van der Waals surface area contributed by atoms with Crippen molar-refractivity contribution in [3.05, 3.63) is 42.0 Å². The van der Waals surface area contributed by atoms with Gasteiger partial charge in [0.15, 0.2) is 0 Å². The van der Waals surface area contributed by atoms with Gasteiger partial charge in [-0.15, -0.1) is 0 Å². The number of carbonyl (C=O) groups is 1. The molecular weight excluding hydrogens is 278 g/mol. The Morgan fingerprint density at radius 2 is 1.91 bits per heavy atom. The zero-order chi connectivity index (χ0) is 15.7. The van der Waals surface area contributed by atoms with Gasteiger partial charge in [-0.2, -0.15) is 0 Å². The van der Waals surface area contributed by atoms with Crippen molar-refractivity contribution >= 4 is 11.6 Å². The molecule has 0 saturated heterocycles. The molecule has 2 aromatic rings. The van der Waals surface area contributed by atoms with Crippen molar-refractivity contribution in [3.8, 4) is 22.6 Å². The number of fused-ring (bicyclic) bond motifs is 1.